The maximum atomic E-state index is 10.5. The summed E-state index contributed by atoms with van der Waals surface area (Å²) in [4.78, 5) is 10.5. The highest BCUT2D eigenvalue weighted by molar-refractivity contribution is 9.10. The summed E-state index contributed by atoms with van der Waals surface area (Å²) in [5, 5.41) is 6.80. The Morgan fingerprint density at radius 2 is 2.33 bits per heavy atom. The Labute approximate surface area is 78.7 Å². The molecule has 2 rings (SSSR count). The molecule has 4 heteroatoms. The van der Waals surface area contributed by atoms with Crippen molar-refractivity contribution in [3.63, 3.8) is 0 Å². The number of rotatable bonds is 2. The van der Waals surface area contributed by atoms with E-state index in [1.807, 2.05) is 0 Å². The van der Waals surface area contributed by atoms with Gasteiger partial charge in [0.25, 0.3) is 0 Å². The molecule has 0 bridgehead atoms. The number of H-pyrrole nitrogens is 1. The smallest absolute Gasteiger partial charge is 0.171 e. The molecule has 0 saturated heterocycles. The molecule has 1 saturated carbocycles. The van der Waals surface area contributed by atoms with Crippen molar-refractivity contribution in [2.45, 2.75) is 25.2 Å². The number of nitrogens with one attached hydrogen (secondary N) is 1. The lowest BCUT2D eigenvalue weighted by Gasteiger charge is -2.24. The van der Waals surface area contributed by atoms with Gasteiger partial charge in [-0.2, -0.15) is 5.10 Å². The summed E-state index contributed by atoms with van der Waals surface area (Å²) in [5.41, 5.74) is 1.57. The van der Waals surface area contributed by atoms with E-state index >= 15 is 0 Å². The fourth-order valence-corrected chi connectivity index (χ4v) is 2.00. The molecule has 0 aromatic carbocycles. The second-order valence-corrected chi connectivity index (χ2v) is 3.88. The van der Waals surface area contributed by atoms with Gasteiger partial charge in [0, 0.05) is 5.92 Å². The summed E-state index contributed by atoms with van der Waals surface area (Å²) < 4.78 is 0.849. The minimum atomic E-state index is 0.483. The summed E-state index contributed by atoms with van der Waals surface area (Å²) in [5.74, 6) is 0.584. The number of aromatic nitrogens is 2. The quantitative estimate of drug-likeness (QED) is 0.790. The van der Waals surface area contributed by atoms with Gasteiger partial charge in [0.1, 0.15) is 5.69 Å². The van der Waals surface area contributed by atoms with Crippen molar-refractivity contribution in [1.82, 2.24) is 10.2 Å². The van der Waals surface area contributed by atoms with Crippen LogP contribution >= 0.6 is 15.9 Å². The van der Waals surface area contributed by atoms with E-state index in [4.69, 9.17) is 0 Å². The molecule has 0 amide bonds. The summed E-state index contributed by atoms with van der Waals surface area (Å²) in [6.45, 7) is 0. The minimum absolute atomic E-state index is 0.483. The van der Waals surface area contributed by atoms with Crippen molar-refractivity contribution < 1.29 is 4.79 Å². The van der Waals surface area contributed by atoms with E-state index in [0.29, 0.717) is 11.6 Å². The Balaban J connectivity index is 2.31. The first-order chi connectivity index (χ1) is 5.83. The third-order valence-corrected chi connectivity index (χ3v) is 3.22. The molecule has 1 aromatic heterocycles. The Morgan fingerprint density at radius 1 is 1.58 bits per heavy atom. The Kier molecular flexibility index (Phi) is 2.00. The fourth-order valence-electron chi connectivity index (χ4n) is 1.40. The molecule has 12 heavy (non-hydrogen) atoms. The Morgan fingerprint density at radius 3 is 2.75 bits per heavy atom. The van der Waals surface area contributed by atoms with Gasteiger partial charge < -0.3 is 0 Å². The third kappa shape index (κ3) is 1.10. The third-order valence-electron chi connectivity index (χ3n) is 2.38. The zero-order valence-corrected chi connectivity index (χ0v) is 8.10. The van der Waals surface area contributed by atoms with Crippen molar-refractivity contribution in [1.29, 1.82) is 0 Å². The number of aldehydes is 1. The van der Waals surface area contributed by atoms with Gasteiger partial charge in [-0.1, -0.05) is 6.42 Å². The van der Waals surface area contributed by atoms with Crippen LogP contribution in [0.5, 0.6) is 0 Å². The van der Waals surface area contributed by atoms with E-state index in [2.05, 4.69) is 26.1 Å². The lowest BCUT2D eigenvalue weighted by atomic mass is 9.83. The van der Waals surface area contributed by atoms with Gasteiger partial charge in [0.15, 0.2) is 6.29 Å². The monoisotopic (exact) mass is 228 g/mol. The molecule has 1 aromatic rings. The molecule has 1 N–H and O–H groups in total. The first-order valence-corrected chi connectivity index (χ1v) is 4.81. The average molecular weight is 229 g/mol. The first kappa shape index (κ1) is 7.98. The van der Waals surface area contributed by atoms with Crippen LogP contribution in [0.4, 0.5) is 0 Å². The topological polar surface area (TPSA) is 45.8 Å². The Bertz CT molecular complexity index is 304. The number of carbonyl (C=O) groups excluding carboxylic acids is 1. The van der Waals surface area contributed by atoms with Gasteiger partial charge in [0.2, 0.25) is 0 Å². The molecule has 1 aliphatic rings. The lowest BCUT2D eigenvalue weighted by molar-refractivity contribution is 0.111. The SMILES string of the molecule is O=Cc1n[nH]c(C2CCC2)c1Br. The van der Waals surface area contributed by atoms with E-state index in [9.17, 15) is 4.79 Å². The zero-order chi connectivity index (χ0) is 8.55. The zero-order valence-electron chi connectivity index (χ0n) is 6.51. The highest BCUT2D eigenvalue weighted by atomic mass is 79.9. The Hall–Kier alpha value is -0.640. The normalized spacial score (nSPS) is 17.4. The number of halogens is 1. The van der Waals surface area contributed by atoms with E-state index < -0.39 is 0 Å². The van der Waals surface area contributed by atoms with Gasteiger partial charge in [-0.05, 0) is 28.8 Å². The number of nitrogens with zero attached hydrogens (tertiary/aromatic N) is 1. The van der Waals surface area contributed by atoms with Crippen LogP contribution in [0.15, 0.2) is 4.47 Å². The second-order valence-electron chi connectivity index (χ2n) is 3.08. The molecule has 1 aliphatic carbocycles. The molecule has 1 fully saturated rings. The molecule has 0 atom stereocenters. The van der Waals surface area contributed by atoms with E-state index in [0.717, 1.165) is 16.5 Å². The molecule has 64 valence electrons. The van der Waals surface area contributed by atoms with Gasteiger partial charge in [0.05, 0.1) is 10.2 Å². The predicted octanol–water partition coefficient (Wildman–Crippen LogP) is 2.25. The standard InChI is InChI=1S/C8H9BrN2O/c9-7-6(4-12)10-11-8(7)5-2-1-3-5/h4-5H,1-3H2,(H,10,11). The maximum Gasteiger partial charge on any atom is 0.171 e. The minimum Gasteiger partial charge on any atom is -0.296 e. The van der Waals surface area contributed by atoms with Crippen LogP contribution in [-0.4, -0.2) is 16.5 Å². The summed E-state index contributed by atoms with van der Waals surface area (Å²) >= 11 is 3.36. The maximum absolute atomic E-state index is 10.5. The summed E-state index contributed by atoms with van der Waals surface area (Å²) in [7, 11) is 0. The van der Waals surface area contributed by atoms with Gasteiger partial charge in [-0.15, -0.1) is 0 Å². The van der Waals surface area contributed by atoms with E-state index in [-0.39, 0.29) is 0 Å². The lowest BCUT2D eigenvalue weighted by Crippen LogP contribution is -2.09. The van der Waals surface area contributed by atoms with Crippen molar-refractivity contribution in [2.24, 2.45) is 0 Å². The predicted molar refractivity (Wildman–Crippen MR) is 48.3 cm³/mol. The highest BCUT2D eigenvalue weighted by Crippen LogP contribution is 2.39. The molecule has 1 heterocycles. The van der Waals surface area contributed by atoms with Crippen LogP contribution in [0.3, 0.4) is 0 Å². The number of aromatic amines is 1. The molecule has 3 nitrogen and oxygen atoms in total. The van der Waals surface area contributed by atoms with Crippen molar-refractivity contribution >= 4 is 22.2 Å². The van der Waals surface area contributed by atoms with Gasteiger partial charge in [-0.3, -0.25) is 9.89 Å². The van der Waals surface area contributed by atoms with Crippen molar-refractivity contribution in [3.8, 4) is 0 Å². The molecular formula is C8H9BrN2O. The first-order valence-electron chi connectivity index (χ1n) is 4.02. The number of hydrogen-bond acceptors (Lipinski definition) is 2. The fraction of sp³-hybridized carbons (Fsp3) is 0.500. The van der Waals surface area contributed by atoms with Crippen LogP contribution in [0.1, 0.15) is 41.4 Å². The van der Waals surface area contributed by atoms with E-state index in [1.54, 1.807) is 0 Å². The van der Waals surface area contributed by atoms with Gasteiger partial charge in [-0.25, -0.2) is 0 Å². The molecule has 0 radical (unpaired) electrons. The van der Waals surface area contributed by atoms with Crippen LogP contribution in [0.2, 0.25) is 0 Å². The summed E-state index contributed by atoms with van der Waals surface area (Å²) in [6, 6.07) is 0. The largest absolute Gasteiger partial charge is 0.296 e. The van der Waals surface area contributed by atoms with Crippen molar-refractivity contribution in [2.75, 3.05) is 0 Å². The molecule has 0 unspecified atom stereocenters. The van der Waals surface area contributed by atoms with Crippen molar-refractivity contribution in [3.05, 3.63) is 15.9 Å². The molecule has 0 aliphatic heterocycles. The van der Waals surface area contributed by atoms with Crippen LogP contribution in [0, 0.1) is 0 Å². The average Bonchev–Trinajstić information content (AvgIpc) is 2.30. The van der Waals surface area contributed by atoms with Crippen LogP contribution in [-0.2, 0) is 0 Å². The van der Waals surface area contributed by atoms with Crippen LogP contribution < -0.4 is 0 Å². The summed E-state index contributed by atoms with van der Waals surface area (Å²) in [6.07, 6.45) is 4.47. The van der Waals surface area contributed by atoms with Gasteiger partial charge >= 0.3 is 0 Å². The molecular weight excluding hydrogens is 220 g/mol. The highest BCUT2D eigenvalue weighted by Gasteiger charge is 2.24. The van der Waals surface area contributed by atoms with E-state index in [1.165, 1.54) is 19.3 Å². The molecule has 0 spiro atoms. The number of hydrogen-bond donors (Lipinski definition) is 1. The number of carbonyl (C=O) groups is 1. The second kappa shape index (κ2) is 3.01. The van der Waals surface area contributed by atoms with Crippen LogP contribution in [0.25, 0.3) is 0 Å².